The van der Waals surface area contributed by atoms with Gasteiger partial charge >= 0.3 is 0 Å². The monoisotopic (exact) mass is 389 g/mol. The predicted molar refractivity (Wildman–Crippen MR) is 102 cm³/mol. The molecule has 0 aliphatic rings. The van der Waals surface area contributed by atoms with Gasteiger partial charge in [-0.15, -0.1) is 10.2 Å². The largest absolute Gasteiger partial charge is 0.335 e. The number of amides is 1. The van der Waals surface area contributed by atoms with Crippen LogP contribution in [0.1, 0.15) is 18.3 Å². The number of thioether (sulfide) groups is 1. The highest BCUT2D eigenvalue weighted by Gasteiger charge is 2.22. The Bertz CT molecular complexity index is 980. The van der Waals surface area contributed by atoms with Crippen LogP contribution in [-0.2, 0) is 11.8 Å². The molecule has 0 fully saturated rings. The van der Waals surface area contributed by atoms with Gasteiger partial charge in [-0.1, -0.05) is 11.8 Å². The third-order valence-corrected chi connectivity index (χ3v) is 5.23. The molecule has 10 heteroatoms. The molecule has 2 aromatic heterocycles. The van der Waals surface area contributed by atoms with Crippen LogP contribution in [0.5, 0.6) is 0 Å². The van der Waals surface area contributed by atoms with Crippen molar-refractivity contribution < 1.29 is 9.18 Å². The predicted octanol–water partition coefficient (Wildman–Crippen LogP) is 2.27. The van der Waals surface area contributed by atoms with Gasteiger partial charge in [0.25, 0.3) is 0 Å². The minimum Gasteiger partial charge on any atom is -0.335 e. The van der Waals surface area contributed by atoms with Gasteiger partial charge in [-0.05, 0) is 45.0 Å². The molecule has 0 unspecified atom stereocenters. The Morgan fingerprint density at radius 2 is 1.93 bits per heavy atom. The number of aromatic nitrogens is 5. The van der Waals surface area contributed by atoms with Gasteiger partial charge in [-0.25, -0.2) is 9.07 Å². The van der Waals surface area contributed by atoms with Gasteiger partial charge in [-0.3, -0.25) is 9.48 Å². The van der Waals surface area contributed by atoms with Crippen LogP contribution < -0.4 is 11.2 Å². The Kier molecular flexibility index (Phi) is 5.17. The third kappa shape index (κ3) is 3.80. The van der Waals surface area contributed by atoms with E-state index in [1.807, 2.05) is 20.9 Å². The summed E-state index contributed by atoms with van der Waals surface area (Å²) >= 11 is 1.19. The molecule has 1 aromatic carbocycles. The number of carbonyl (C=O) groups is 1. The quantitative estimate of drug-likeness (QED) is 0.512. The van der Waals surface area contributed by atoms with Gasteiger partial charge in [-0.2, -0.15) is 5.10 Å². The highest BCUT2D eigenvalue weighted by atomic mass is 32.2. The Hall–Kier alpha value is -2.88. The normalized spacial score (nSPS) is 12.2. The fourth-order valence-corrected chi connectivity index (χ4v) is 3.31. The highest BCUT2D eigenvalue weighted by molar-refractivity contribution is 8.00. The number of carbonyl (C=O) groups excluding carboxylic acids is 1. The Balaban J connectivity index is 1.73. The van der Waals surface area contributed by atoms with Crippen molar-refractivity contribution in [2.75, 3.05) is 11.2 Å². The second kappa shape index (κ2) is 7.39. The number of anilines is 1. The molecular weight excluding hydrogens is 369 g/mol. The number of nitrogens with zero attached hydrogens (tertiary/aromatic N) is 5. The van der Waals surface area contributed by atoms with E-state index in [-0.39, 0.29) is 11.7 Å². The van der Waals surface area contributed by atoms with Crippen molar-refractivity contribution in [1.29, 1.82) is 0 Å². The third-order valence-electron chi connectivity index (χ3n) is 4.18. The van der Waals surface area contributed by atoms with E-state index in [0.717, 1.165) is 11.4 Å². The van der Waals surface area contributed by atoms with Crippen molar-refractivity contribution in [2.45, 2.75) is 31.2 Å². The van der Waals surface area contributed by atoms with Crippen LogP contribution in [0.2, 0.25) is 0 Å². The van der Waals surface area contributed by atoms with Gasteiger partial charge in [0.15, 0.2) is 5.82 Å². The summed E-state index contributed by atoms with van der Waals surface area (Å²) in [6.45, 7) is 5.48. The lowest BCUT2D eigenvalue weighted by atomic mass is 10.2. The average Bonchev–Trinajstić information content (AvgIpc) is 3.10. The smallest absolute Gasteiger partial charge is 0.237 e. The summed E-state index contributed by atoms with van der Waals surface area (Å²) in [5, 5.41) is 15.2. The molecule has 3 rings (SSSR count). The van der Waals surface area contributed by atoms with E-state index in [4.69, 9.17) is 5.84 Å². The molecule has 1 atom stereocenters. The summed E-state index contributed by atoms with van der Waals surface area (Å²) in [5.41, 5.74) is 2.97. The number of aryl methyl sites for hydroxylation is 2. The zero-order valence-corrected chi connectivity index (χ0v) is 16.2. The van der Waals surface area contributed by atoms with Crippen molar-refractivity contribution in [1.82, 2.24) is 24.7 Å². The van der Waals surface area contributed by atoms with Gasteiger partial charge in [0, 0.05) is 12.6 Å². The summed E-state index contributed by atoms with van der Waals surface area (Å²) in [6, 6.07) is 5.79. The van der Waals surface area contributed by atoms with Gasteiger partial charge in [0.2, 0.25) is 11.1 Å². The summed E-state index contributed by atoms with van der Waals surface area (Å²) in [7, 11) is 1.82. The van der Waals surface area contributed by atoms with Gasteiger partial charge in [0.05, 0.1) is 22.3 Å². The molecule has 0 aliphatic carbocycles. The molecular formula is C17H20FN7OS. The van der Waals surface area contributed by atoms with Crippen molar-refractivity contribution >= 4 is 23.4 Å². The van der Waals surface area contributed by atoms with Crippen LogP contribution >= 0.6 is 11.8 Å². The Morgan fingerprint density at radius 1 is 1.26 bits per heavy atom. The van der Waals surface area contributed by atoms with E-state index < -0.39 is 5.25 Å². The molecule has 8 nitrogen and oxygen atoms in total. The maximum atomic E-state index is 13.1. The molecule has 0 saturated carbocycles. The molecule has 0 spiro atoms. The van der Waals surface area contributed by atoms with Crippen LogP contribution in [-0.4, -0.2) is 35.8 Å². The SMILES string of the molecule is Cc1nn(C)c(C)c1NC(=O)[C@H](C)Sc1nnc(-c2ccc(F)cc2)n1N. The number of halogens is 1. The molecule has 0 radical (unpaired) electrons. The summed E-state index contributed by atoms with van der Waals surface area (Å²) in [5.74, 6) is 5.92. The van der Waals surface area contributed by atoms with Gasteiger partial charge in [0.1, 0.15) is 5.82 Å². The lowest BCUT2D eigenvalue weighted by molar-refractivity contribution is -0.115. The van der Waals surface area contributed by atoms with E-state index in [0.29, 0.717) is 22.2 Å². The molecule has 2 heterocycles. The number of rotatable bonds is 5. The Labute approximate surface area is 159 Å². The topological polar surface area (TPSA) is 104 Å². The van der Waals surface area contributed by atoms with Crippen molar-refractivity contribution in [2.24, 2.45) is 7.05 Å². The number of nitrogen functional groups attached to an aromatic ring is 1. The molecule has 1 amide bonds. The highest BCUT2D eigenvalue weighted by Crippen LogP contribution is 2.26. The molecule has 142 valence electrons. The fourth-order valence-electron chi connectivity index (χ4n) is 2.54. The molecule has 0 saturated heterocycles. The zero-order valence-electron chi connectivity index (χ0n) is 15.4. The van der Waals surface area contributed by atoms with Crippen LogP contribution in [0.3, 0.4) is 0 Å². The van der Waals surface area contributed by atoms with E-state index in [9.17, 15) is 9.18 Å². The first-order chi connectivity index (χ1) is 12.8. The number of nitrogens with two attached hydrogens (primary N) is 1. The standard InChI is InChI=1S/C17H20FN7OS/c1-9-14(10(2)24(4)23-9)20-16(26)11(3)27-17-22-21-15(25(17)19)12-5-7-13(18)8-6-12/h5-8,11H,19H2,1-4H3,(H,20,26)/t11-/m0/s1. The molecule has 3 aromatic rings. The first kappa shape index (κ1) is 18.9. The maximum Gasteiger partial charge on any atom is 0.237 e. The second-order valence-electron chi connectivity index (χ2n) is 6.10. The summed E-state index contributed by atoms with van der Waals surface area (Å²) < 4.78 is 16.1. The maximum absolute atomic E-state index is 13.1. The number of benzene rings is 1. The van der Waals surface area contributed by atoms with Crippen molar-refractivity contribution in [3.05, 3.63) is 41.5 Å². The summed E-state index contributed by atoms with van der Waals surface area (Å²) in [4.78, 5) is 12.5. The zero-order chi connectivity index (χ0) is 19.7. The van der Waals surface area contributed by atoms with Crippen molar-refractivity contribution in [3.8, 4) is 11.4 Å². The minimum atomic E-state index is -0.462. The Morgan fingerprint density at radius 3 is 2.52 bits per heavy atom. The van der Waals surface area contributed by atoms with Crippen LogP contribution in [0.25, 0.3) is 11.4 Å². The molecule has 0 bridgehead atoms. The summed E-state index contributed by atoms with van der Waals surface area (Å²) in [6.07, 6.45) is 0. The number of hydrogen-bond donors (Lipinski definition) is 2. The van der Waals surface area contributed by atoms with Crippen LogP contribution in [0.15, 0.2) is 29.4 Å². The van der Waals surface area contributed by atoms with Crippen LogP contribution in [0.4, 0.5) is 10.1 Å². The first-order valence-corrected chi connectivity index (χ1v) is 9.10. The second-order valence-corrected chi connectivity index (χ2v) is 7.41. The van der Waals surface area contributed by atoms with Crippen LogP contribution in [0, 0.1) is 19.7 Å². The minimum absolute atomic E-state index is 0.189. The van der Waals surface area contributed by atoms with E-state index in [2.05, 4.69) is 20.6 Å². The van der Waals surface area contributed by atoms with E-state index >= 15 is 0 Å². The lowest BCUT2D eigenvalue weighted by Crippen LogP contribution is -2.24. The molecule has 27 heavy (non-hydrogen) atoms. The first-order valence-electron chi connectivity index (χ1n) is 8.22. The molecule has 0 aliphatic heterocycles. The number of nitrogens with one attached hydrogen (secondary N) is 1. The molecule has 3 N–H and O–H groups in total. The van der Waals surface area contributed by atoms with E-state index in [1.54, 1.807) is 23.7 Å². The van der Waals surface area contributed by atoms with Crippen molar-refractivity contribution in [3.63, 3.8) is 0 Å². The lowest BCUT2D eigenvalue weighted by Gasteiger charge is -2.12. The number of hydrogen-bond acceptors (Lipinski definition) is 6. The average molecular weight is 389 g/mol. The fraction of sp³-hybridized carbons (Fsp3) is 0.294. The van der Waals surface area contributed by atoms with E-state index in [1.165, 1.54) is 28.6 Å². The van der Waals surface area contributed by atoms with Gasteiger partial charge < -0.3 is 11.2 Å².